The lowest BCUT2D eigenvalue weighted by Crippen LogP contribution is -2.46. The normalized spacial score (nSPS) is 17.1. The van der Waals surface area contributed by atoms with E-state index < -0.39 is 0 Å². The number of piperazine rings is 1. The van der Waals surface area contributed by atoms with Gasteiger partial charge in [-0.05, 0) is 49.7 Å². The lowest BCUT2D eigenvalue weighted by atomic mass is 10.1. The van der Waals surface area contributed by atoms with Crippen LogP contribution in [0, 0.1) is 5.92 Å². The first-order chi connectivity index (χ1) is 12.5. The highest BCUT2D eigenvalue weighted by molar-refractivity contribution is 5.43. The van der Waals surface area contributed by atoms with Gasteiger partial charge >= 0.3 is 0 Å². The minimum atomic E-state index is 0.509. The molecule has 0 saturated carbocycles. The zero-order valence-corrected chi connectivity index (χ0v) is 16.9. The summed E-state index contributed by atoms with van der Waals surface area (Å²) < 4.78 is 11.2. The van der Waals surface area contributed by atoms with Crippen LogP contribution in [0.15, 0.2) is 30.4 Å². The summed E-state index contributed by atoms with van der Waals surface area (Å²) in [6, 6.07) is 6.11. The Morgan fingerprint density at radius 1 is 1.23 bits per heavy atom. The molecule has 1 fully saturated rings. The predicted octanol–water partition coefficient (Wildman–Crippen LogP) is 2.62. The molecule has 5 heteroatoms. The Kier molecular flexibility index (Phi) is 8.42. The van der Waals surface area contributed by atoms with Gasteiger partial charge in [0.05, 0.1) is 7.11 Å². The molecule has 5 nitrogen and oxygen atoms in total. The van der Waals surface area contributed by atoms with Gasteiger partial charge in [-0.25, -0.2) is 0 Å². The number of ether oxygens (including phenoxy) is 2. The predicted molar refractivity (Wildman–Crippen MR) is 108 cm³/mol. The fourth-order valence-electron chi connectivity index (χ4n) is 3.14. The molecule has 0 aliphatic carbocycles. The number of hydrogen-bond acceptors (Lipinski definition) is 5. The minimum Gasteiger partial charge on any atom is -0.493 e. The molecule has 1 aliphatic rings. The van der Waals surface area contributed by atoms with Crippen molar-refractivity contribution in [1.82, 2.24) is 15.1 Å². The van der Waals surface area contributed by atoms with Crippen molar-refractivity contribution in [3.8, 4) is 11.5 Å². The Morgan fingerprint density at radius 2 is 1.96 bits per heavy atom. The van der Waals surface area contributed by atoms with Crippen molar-refractivity contribution < 1.29 is 9.47 Å². The minimum absolute atomic E-state index is 0.509. The van der Waals surface area contributed by atoms with Gasteiger partial charge in [-0.15, -0.1) is 0 Å². The van der Waals surface area contributed by atoms with Crippen molar-refractivity contribution >= 4 is 0 Å². The molecule has 0 radical (unpaired) electrons. The van der Waals surface area contributed by atoms with E-state index in [9.17, 15) is 0 Å². The highest BCUT2D eigenvalue weighted by Crippen LogP contribution is 2.28. The van der Waals surface area contributed by atoms with Crippen LogP contribution in [0.4, 0.5) is 0 Å². The number of hydrogen-bond donors (Lipinski definition) is 1. The van der Waals surface area contributed by atoms with Gasteiger partial charge in [-0.1, -0.05) is 19.6 Å². The van der Waals surface area contributed by atoms with Gasteiger partial charge in [-0.2, -0.15) is 0 Å². The van der Waals surface area contributed by atoms with Crippen LogP contribution >= 0.6 is 0 Å². The second-order valence-corrected chi connectivity index (χ2v) is 7.57. The van der Waals surface area contributed by atoms with Crippen LogP contribution in [0.2, 0.25) is 0 Å². The highest BCUT2D eigenvalue weighted by atomic mass is 16.5. The molecule has 146 valence electrons. The monoisotopic (exact) mass is 361 g/mol. The number of rotatable bonds is 10. The number of likely N-dealkylation sites (N-methyl/N-ethyl adjacent to an activating group) is 1. The van der Waals surface area contributed by atoms with Crippen LogP contribution in [0.5, 0.6) is 11.5 Å². The summed E-state index contributed by atoms with van der Waals surface area (Å²) in [5.41, 5.74) is 2.20. The molecule has 0 spiro atoms. The van der Waals surface area contributed by atoms with Gasteiger partial charge < -0.3 is 24.6 Å². The maximum atomic E-state index is 5.80. The molecule has 0 aromatic heterocycles. The second-order valence-electron chi connectivity index (χ2n) is 7.57. The molecule has 1 aromatic rings. The highest BCUT2D eigenvalue weighted by Gasteiger charge is 2.16. The van der Waals surface area contributed by atoms with Crippen LogP contribution in [-0.4, -0.2) is 69.8 Å². The van der Waals surface area contributed by atoms with Crippen LogP contribution in [0.25, 0.3) is 0 Å². The fraction of sp³-hybridized carbons (Fsp3) is 0.619. The number of benzene rings is 1. The Labute approximate surface area is 159 Å². The molecule has 1 aliphatic heterocycles. The van der Waals surface area contributed by atoms with Gasteiger partial charge in [0.2, 0.25) is 0 Å². The third kappa shape index (κ3) is 6.98. The van der Waals surface area contributed by atoms with E-state index >= 15 is 0 Å². The SMILES string of the molecule is C=C(C)COc1cc(CNCC(C)CN2CCN(C)CC2)ccc1OC. The van der Waals surface area contributed by atoms with E-state index in [1.54, 1.807) is 7.11 Å². The molecular formula is C21H35N3O2. The summed E-state index contributed by atoms with van der Waals surface area (Å²) in [7, 11) is 3.87. The van der Waals surface area contributed by atoms with E-state index in [0.29, 0.717) is 12.5 Å². The summed E-state index contributed by atoms with van der Waals surface area (Å²) in [4.78, 5) is 4.97. The summed E-state index contributed by atoms with van der Waals surface area (Å²) in [5.74, 6) is 2.18. The van der Waals surface area contributed by atoms with E-state index in [-0.39, 0.29) is 0 Å². The standard InChI is InChI=1S/C21H35N3O2/c1-17(2)16-26-21-12-19(6-7-20(21)25-5)14-22-13-18(3)15-24-10-8-23(4)9-11-24/h6-7,12,18,22H,1,8-11,13-16H2,2-5H3. The Hall–Kier alpha value is -1.56. The molecule has 1 N–H and O–H groups in total. The summed E-state index contributed by atoms with van der Waals surface area (Å²) in [6.45, 7) is 16.4. The first kappa shape index (κ1) is 20.7. The van der Waals surface area contributed by atoms with Gasteiger partial charge in [0.15, 0.2) is 11.5 Å². The van der Waals surface area contributed by atoms with Crippen molar-refractivity contribution in [2.24, 2.45) is 5.92 Å². The average molecular weight is 362 g/mol. The third-order valence-corrected chi connectivity index (χ3v) is 4.69. The van der Waals surface area contributed by atoms with Crippen LogP contribution in [0.3, 0.4) is 0 Å². The Morgan fingerprint density at radius 3 is 2.62 bits per heavy atom. The van der Waals surface area contributed by atoms with E-state index in [1.807, 2.05) is 13.0 Å². The first-order valence-corrected chi connectivity index (χ1v) is 9.53. The zero-order valence-electron chi connectivity index (χ0n) is 16.9. The Bertz CT molecular complexity index is 568. The number of nitrogens with one attached hydrogen (secondary N) is 1. The van der Waals surface area contributed by atoms with Crippen molar-refractivity contribution in [3.63, 3.8) is 0 Å². The van der Waals surface area contributed by atoms with Crippen molar-refractivity contribution in [2.75, 3.05) is 60.0 Å². The molecule has 1 aromatic carbocycles. The largest absolute Gasteiger partial charge is 0.493 e. The molecule has 1 atom stereocenters. The smallest absolute Gasteiger partial charge is 0.161 e. The molecule has 0 amide bonds. The van der Waals surface area contributed by atoms with Crippen LogP contribution < -0.4 is 14.8 Å². The van der Waals surface area contributed by atoms with Crippen molar-refractivity contribution in [1.29, 1.82) is 0 Å². The molecule has 26 heavy (non-hydrogen) atoms. The number of nitrogens with zero attached hydrogens (tertiary/aromatic N) is 2. The summed E-state index contributed by atoms with van der Waals surface area (Å²) in [5, 5.41) is 3.58. The van der Waals surface area contributed by atoms with E-state index in [4.69, 9.17) is 9.47 Å². The molecule has 2 rings (SSSR count). The lowest BCUT2D eigenvalue weighted by Gasteiger charge is -2.34. The lowest BCUT2D eigenvalue weighted by molar-refractivity contribution is 0.138. The fourth-order valence-corrected chi connectivity index (χ4v) is 3.14. The van der Waals surface area contributed by atoms with Gasteiger partial charge in [0, 0.05) is 39.3 Å². The molecule has 1 heterocycles. The van der Waals surface area contributed by atoms with Crippen molar-refractivity contribution in [2.45, 2.75) is 20.4 Å². The van der Waals surface area contributed by atoms with Gasteiger partial charge in [-0.3, -0.25) is 0 Å². The third-order valence-electron chi connectivity index (χ3n) is 4.69. The molecule has 0 bridgehead atoms. The summed E-state index contributed by atoms with van der Waals surface area (Å²) in [6.07, 6.45) is 0. The van der Waals surface area contributed by atoms with E-state index in [0.717, 1.165) is 36.7 Å². The maximum absolute atomic E-state index is 5.80. The average Bonchev–Trinajstić information content (AvgIpc) is 2.62. The summed E-state index contributed by atoms with van der Waals surface area (Å²) >= 11 is 0. The maximum Gasteiger partial charge on any atom is 0.161 e. The van der Waals surface area contributed by atoms with Crippen LogP contribution in [0.1, 0.15) is 19.4 Å². The van der Waals surface area contributed by atoms with E-state index in [2.05, 4.69) is 47.8 Å². The van der Waals surface area contributed by atoms with Gasteiger partial charge in [0.1, 0.15) is 6.61 Å². The van der Waals surface area contributed by atoms with Crippen molar-refractivity contribution in [3.05, 3.63) is 35.9 Å². The topological polar surface area (TPSA) is 37.0 Å². The quantitative estimate of drug-likeness (QED) is 0.649. The molecular weight excluding hydrogens is 326 g/mol. The number of methoxy groups -OCH3 is 1. The first-order valence-electron chi connectivity index (χ1n) is 9.53. The van der Waals surface area contributed by atoms with E-state index in [1.165, 1.54) is 31.7 Å². The molecule has 1 unspecified atom stereocenters. The molecule has 1 saturated heterocycles. The second kappa shape index (κ2) is 10.6. The van der Waals surface area contributed by atoms with Gasteiger partial charge in [0.25, 0.3) is 0 Å². The Balaban J connectivity index is 1.77. The zero-order chi connectivity index (χ0) is 18.9. The van der Waals surface area contributed by atoms with Crippen LogP contribution in [-0.2, 0) is 6.54 Å².